The van der Waals surface area contributed by atoms with Crippen molar-refractivity contribution in [3.8, 4) is 0 Å². The maximum absolute atomic E-state index is 8.14. The van der Waals surface area contributed by atoms with Crippen LogP contribution < -0.4 is 0 Å². The first-order chi connectivity index (χ1) is 6.10. The van der Waals surface area contributed by atoms with Gasteiger partial charge in [-0.15, -0.1) is 0 Å². The van der Waals surface area contributed by atoms with Gasteiger partial charge in [-0.2, -0.15) is 0 Å². The minimum atomic E-state index is 0.250. The molecule has 0 radical (unpaired) electrons. The molecule has 0 aliphatic heterocycles. The average molecular weight is 194 g/mol. The molecule has 0 aromatic rings. The molecule has 0 saturated heterocycles. The highest BCUT2D eigenvalue weighted by molar-refractivity contribution is 4.32. The van der Waals surface area contributed by atoms with E-state index in [0.717, 1.165) is 12.8 Å². The summed E-state index contributed by atoms with van der Waals surface area (Å²) in [5.74, 6) is 0.440. The molecule has 84 valence electrons. The van der Waals surface area contributed by atoms with Crippen LogP contribution in [0.4, 0.5) is 0 Å². The van der Waals surface area contributed by atoms with Crippen molar-refractivity contribution < 1.29 is 15.3 Å². The lowest BCUT2D eigenvalue weighted by molar-refractivity contribution is 0.248. The third kappa shape index (κ3) is 77.0. The van der Waals surface area contributed by atoms with Crippen LogP contribution in [0, 0.1) is 5.92 Å². The smallest absolute Gasteiger partial charge is 0.0453 e. The van der Waals surface area contributed by atoms with E-state index in [4.69, 9.17) is 15.3 Å². The Balaban J connectivity index is -0.000000120. The van der Waals surface area contributed by atoms with Gasteiger partial charge in [-0.05, 0) is 19.3 Å². The van der Waals surface area contributed by atoms with Crippen molar-refractivity contribution in [2.75, 3.05) is 19.8 Å². The number of rotatable bonds is 3. The summed E-state index contributed by atoms with van der Waals surface area (Å²) in [4.78, 5) is 0. The van der Waals surface area contributed by atoms with Crippen LogP contribution in [0.5, 0.6) is 0 Å². The third-order valence-corrected chi connectivity index (χ3v) is 0.877. The lowest BCUT2D eigenvalue weighted by Crippen LogP contribution is -1.90. The van der Waals surface area contributed by atoms with Crippen molar-refractivity contribution in [1.82, 2.24) is 0 Å². The molecule has 0 rings (SSSR count). The number of hydrogen-bond donors (Lipinski definition) is 3. The molecule has 13 heavy (non-hydrogen) atoms. The van der Waals surface area contributed by atoms with Gasteiger partial charge in [0, 0.05) is 19.8 Å². The van der Waals surface area contributed by atoms with Crippen molar-refractivity contribution in [1.29, 1.82) is 0 Å². The Morgan fingerprint density at radius 3 is 1.31 bits per heavy atom. The molecule has 0 atom stereocenters. The Morgan fingerprint density at radius 1 is 1.00 bits per heavy atom. The van der Waals surface area contributed by atoms with Crippen LogP contribution in [0.15, 0.2) is 0 Å². The maximum Gasteiger partial charge on any atom is 0.0453 e. The van der Waals surface area contributed by atoms with Crippen LogP contribution in [0.3, 0.4) is 0 Å². The molecule has 0 aromatic heterocycles. The molecule has 3 heteroatoms. The number of unbranched alkanes of at least 4 members (excludes halogenated alkanes) is 1. The second kappa shape index (κ2) is 22.6. The molecule has 0 aliphatic carbocycles. The molecule has 0 saturated carbocycles. The van der Waals surface area contributed by atoms with Crippen molar-refractivity contribution in [2.45, 2.75) is 40.5 Å². The number of hydrogen-bond acceptors (Lipinski definition) is 3. The zero-order valence-corrected chi connectivity index (χ0v) is 9.45. The minimum Gasteiger partial charge on any atom is -0.397 e. The lowest BCUT2D eigenvalue weighted by atomic mass is 10.2. The van der Waals surface area contributed by atoms with Gasteiger partial charge in [0.15, 0.2) is 0 Å². The van der Waals surface area contributed by atoms with Gasteiger partial charge in [0.2, 0.25) is 0 Å². The van der Waals surface area contributed by atoms with Gasteiger partial charge in [-0.1, -0.05) is 27.2 Å². The molecular weight excluding hydrogens is 168 g/mol. The van der Waals surface area contributed by atoms with Crippen molar-refractivity contribution in [2.24, 2.45) is 5.92 Å². The molecule has 0 fully saturated rings. The van der Waals surface area contributed by atoms with E-state index in [1.54, 1.807) is 6.92 Å². The Labute approximate surface area is 82.4 Å². The maximum atomic E-state index is 8.14. The number of aliphatic hydroxyl groups is 3. The highest BCUT2D eigenvalue weighted by Gasteiger charge is 1.81. The van der Waals surface area contributed by atoms with Crippen LogP contribution in [0.25, 0.3) is 0 Å². The first-order valence-electron chi connectivity index (χ1n) is 4.93. The van der Waals surface area contributed by atoms with Crippen LogP contribution in [-0.4, -0.2) is 35.1 Å². The zero-order chi connectivity index (χ0) is 11.1. The van der Waals surface area contributed by atoms with E-state index in [1.807, 2.05) is 13.8 Å². The van der Waals surface area contributed by atoms with Gasteiger partial charge in [-0.25, -0.2) is 0 Å². The van der Waals surface area contributed by atoms with E-state index < -0.39 is 0 Å². The topological polar surface area (TPSA) is 60.7 Å². The summed E-state index contributed by atoms with van der Waals surface area (Å²) in [5.41, 5.74) is 0. The van der Waals surface area contributed by atoms with E-state index in [2.05, 4.69) is 6.92 Å². The normalized spacial score (nSPS) is 8.31. The van der Waals surface area contributed by atoms with Gasteiger partial charge < -0.3 is 15.3 Å². The summed E-state index contributed by atoms with van der Waals surface area (Å²) in [6.45, 7) is 8.58. The fourth-order valence-corrected chi connectivity index (χ4v) is 0.158. The average Bonchev–Trinajstić information content (AvgIpc) is 2.08. The van der Waals surface area contributed by atoms with E-state index in [-0.39, 0.29) is 6.61 Å². The van der Waals surface area contributed by atoms with Gasteiger partial charge in [0.05, 0.1) is 0 Å². The molecule has 0 spiro atoms. The first-order valence-corrected chi connectivity index (χ1v) is 4.93. The third-order valence-electron chi connectivity index (χ3n) is 0.877. The summed E-state index contributed by atoms with van der Waals surface area (Å²) in [6.07, 6.45) is 2.04. The summed E-state index contributed by atoms with van der Waals surface area (Å²) in [5, 5.41) is 23.8. The van der Waals surface area contributed by atoms with Crippen LogP contribution in [0.2, 0.25) is 0 Å². The first kappa shape index (κ1) is 18.6. The largest absolute Gasteiger partial charge is 0.397 e. The van der Waals surface area contributed by atoms with Crippen LogP contribution in [-0.2, 0) is 0 Å². The highest BCUT2D eigenvalue weighted by Crippen LogP contribution is 1.83. The zero-order valence-electron chi connectivity index (χ0n) is 9.45. The number of aliphatic hydroxyl groups excluding tert-OH is 3. The molecule has 0 bridgehead atoms. The van der Waals surface area contributed by atoms with Crippen molar-refractivity contribution >= 4 is 0 Å². The molecule has 0 amide bonds. The summed E-state index contributed by atoms with van der Waals surface area (Å²) < 4.78 is 0. The monoisotopic (exact) mass is 194 g/mol. The van der Waals surface area contributed by atoms with Gasteiger partial charge in [0.1, 0.15) is 0 Å². The standard InChI is InChI=1S/2C4H10O.C2H6O/c1-4(2)3-5;1-2-3-4-5;1-2-3/h4-5H,3H2,1-2H3;5H,2-4H2,1H3;3H,2H2,1H3. The quantitative estimate of drug-likeness (QED) is 0.636. The van der Waals surface area contributed by atoms with E-state index in [0.29, 0.717) is 19.1 Å². The van der Waals surface area contributed by atoms with E-state index in [1.165, 1.54) is 0 Å². The molecule has 0 heterocycles. The van der Waals surface area contributed by atoms with Crippen molar-refractivity contribution in [3.05, 3.63) is 0 Å². The molecule has 0 aromatic carbocycles. The Morgan fingerprint density at radius 2 is 1.31 bits per heavy atom. The second-order valence-electron chi connectivity index (χ2n) is 2.97. The fraction of sp³-hybridized carbons (Fsp3) is 1.00. The summed E-state index contributed by atoms with van der Waals surface area (Å²) >= 11 is 0. The van der Waals surface area contributed by atoms with Gasteiger partial charge in [0.25, 0.3) is 0 Å². The van der Waals surface area contributed by atoms with E-state index in [9.17, 15) is 0 Å². The predicted octanol–water partition coefficient (Wildman–Crippen LogP) is 1.41. The Hall–Kier alpha value is -0.120. The SMILES string of the molecule is CC(C)CO.CCCCO.CCO. The minimum absolute atomic E-state index is 0.250. The van der Waals surface area contributed by atoms with Gasteiger partial charge >= 0.3 is 0 Å². The van der Waals surface area contributed by atoms with Crippen LogP contribution >= 0.6 is 0 Å². The Kier molecular flexibility index (Phi) is 32.4. The molecule has 3 N–H and O–H groups in total. The van der Waals surface area contributed by atoms with E-state index >= 15 is 0 Å². The Bertz CT molecular complexity index is 54.1. The summed E-state index contributed by atoms with van der Waals surface area (Å²) in [7, 11) is 0. The molecule has 0 aliphatic rings. The van der Waals surface area contributed by atoms with Crippen LogP contribution in [0.1, 0.15) is 40.5 Å². The fourth-order valence-electron chi connectivity index (χ4n) is 0.158. The highest BCUT2D eigenvalue weighted by atomic mass is 16.3. The predicted molar refractivity (Wildman–Crippen MR) is 56.7 cm³/mol. The summed E-state index contributed by atoms with van der Waals surface area (Å²) in [6, 6.07) is 0. The molecule has 3 nitrogen and oxygen atoms in total. The van der Waals surface area contributed by atoms with Gasteiger partial charge in [-0.3, -0.25) is 0 Å². The molecule has 0 unspecified atom stereocenters. The molecular formula is C10H26O3. The second-order valence-corrected chi connectivity index (χ2v) is 2.97. The lowest BCUT2D eigenvalue weighted by Gasteiger charge is -1.90. The van der Waals surface area contributed by atoms with Crippen molar-refractivity contribution in [3.63, 3.8) is 0 Å².